The summed E-state index contributed by atoms with van der Waals surface area (Å²) in [7, 11) is -2.13. The molecule has 0 N–H and O–H groups in total. The van der Waals surface area contributed by atoms with Gasteiger partial charge in [-0.05, 0) is 45.0 Å². The molecule has 1 unspecified atom stereocenters. The first-order chi connectivity index (χ1) is 9.88. The molecular formula is C16H30O5Si. The van der Waals surface area contributed by atoms with E-state index in [0.29, 0.717) is 13.2 Å². The third-order valence-electron chi connectivity index (χ3n) is 4.02. The number of hydrogen-bond donors (Lipinski definition) is 0. The van der Waals surface area contributed by atoms with E-state index in [-0.39, 0.29) is 16.9 Å². The van der Waals surface area contributed by atoms with Crippen molar-refractivity contribution >= 4 is 14.3 Å². The summed E-state index contributed by atoms with van der Waals surface area (Å²) in [4.78, 5) is 12.2. The Morgan fingerprint density at radius 1 is 1.36 bits per heavy atom. The maximum atomic E-state index is 12.2. The molecule has 22 heavy (non-hydrogen) atoms. The minimum absolute atomic E-state index is 0.00904. The molecule has 0 amide bonds. The van der Waals surface area contributed by atoms with Crippen molar-refractivity contribution in [3.63, 3.8) is 0 Å². The van der Waals surface area contributed by atoms with E-state index in [1.165, 1.54) is 0 Å². The van der Waals surface area contributed by atoms with Gasteiger partial charge in [0, 0.05) is 0 Å². The zero-order valence-electron chi connectivity index (χ0n) is 15.1. The quantitative estimate of drug-likeness (QED) is 0.334. The molecule has 0 aromatic rings. The van der Waals surface area contributed by atoms with Gasteiger partial charge in [0.15, 0.2) is 11.5 Å². The maximum absolute atomic E-state index is 12.2. The highest BCUT2D eigenvalue weighted by Gasteiger charge is 2.41. The van der Waals surface area contributed by atoms with E-state index in [0.717, 1.165) is 0 Å². The van der Waals surface area contributed by atoms with Crippen molar-refractivity contribution in [2.75, 3.05) is 13.2 Å². The van der Waals surface area contributed by atoms with Crippen LogP contribution in [0.15, 0.2) is 11.8 Å². The molecule has 0 spiro atoms. The summed E-state index contributed by atoms with van der Waals surface area (Å²) in [5.41, 5.74) is 0. The minimum atomic E-state index is -2.13. The largest absolute Gasteiger partial charge is 0.539 e. The third kappa shape index (κ3) is 5.10. The normalized spacial score (nSPS) is 22.5. The van der Waals surface area contributed by atoms with Crippen molar-refractivity contribution in [3.05, 3.63) is 11.8 Å². The minimum Gasteiger partial charge on any atom is -0.539 e. The average molecular weight is 330 g/mol. The molecule has 0 bridgehead atoms. The second kappa shape index (κ2) is 6.72. The monoisotopic (exact) mass is 330 g/mol. The fourth-order valence-electron chi connectivity index (χ4n) is 1.74. The summed E-state index contributed by atoms with van der Waals surface area (Å²) in [6, 6.07) is 0. The first-order valence-electron chi connectivity index (χ1n) is 7.78. The fourth-order valence-corrected chi connectivity index (χ4v) is 2.75. The Morgan fingerprint density at radius 2 is 1.95 bits per heavy atom. The average Bonchev–Trinajstić information content (AvgIpc) is 2.66. The molecule has 0 aromatic heterocycles. The van der Waals surface area contributed by atoms with Crippen LogP contribution in [-0.2, 0) is 23.4 Å². The number of hydrogen-bond acceptors (Lipinski definition) is 5. The highest BCUT2D eigenvalue weighted by atomic mass is 28.4. The molecule has 6 heteroatoms. The number of carbonyl (C=O) groups excluding carboxylic acids is 1. The summed E-state index contributed by atoms with van der Waals surface area (Å²) >= 11 is 0. The SMILES string of the molecule is CCOC(=O)/C(=C\C1COC(C)(C)O1)O[Si](C)(C)C(C)(C)C. The third-order valence-corrected chi connectivity index (χ3v) is 8.36. The molecule has 1 aliphatic heterocycles. The Morgan fingerprint density at radius 3 is 2.36 bits per heavy atom. The summed E-state index contributed by atoms with van der Waals surface area (Å²) in [6.07, 6.45) is 1.38. The van der Waals surface area contributed by atoms with Gasteiger partial charge < -0.3 is 18.6 Å². The molecule has 1 fully saturated rings. The summed E-state index contributed by atoms with van der Waals surface area (Å²) in [6.45, 7) is 16.7. The van der Waals surface area contributed by atoms with Crippen LogP contribution >= 0.6 is 0 Å². The predicted molar refractivity (Wildman–Crippen MR) is 87.9 cm³/mol. The van der Waals surface area contributed by atoms with Gasteiger partial charge in [0.2, 0.25) is 0 Å². The topological polar surface area (TPSA) is 54.0 Å². The molecule has 0 radical (unpaired) electrons. The van der Waals surface area contributed by atoms with Crippen LogP contribution in [0.2, 0.25) is 18.1 Å². The smallest absolute Gasteiger partial charge is 0.371 e. The lowest BCUT2D eigenvalue weighted by atomic mass is 10.2. The van der Waals surface area contributed by atoms with Gasteiger partial charge in [-0.25, -0.2) is 4.79 Å². The molecule has 1 heterocycles. The van der Waals surface area contributed by atoms with Gasteiger partial charge in [-0.2, -0.15) is 0 Å². The van der Waals surface area contributed by atoms with Crippen LogP contribution in [0.1, 0.15) is 41.5 Å². The highest BCUT2D eigenvalue weighted by Crippen LogP contribution is 2.38. The Labute approximate surface area is 135 Å². The molecule has 5 nitrogen and oxygen atoms in total. The molecule has 0 aliphatic carbocycles. The molecular weight excluding hydrogens is 300 g/mol. The van der Waals surface area contributed by atoms with Crippen LogP contribution in [0, 0.1) is 0 Å². The zero-order chi connectivity index (χ0) is 17.2. The molecule has 0 saturated carbocycles. The van der Waals surface area contributed by atoms with E-state index in [1.54, 1.807) is 13.0 Å². The van der Waals surface area contributed by atoms with Crippen LogP contribution in [-0.4, -0.2) is 39.4 Å². The maximum Gasteiger partial charge on any atom is 0.371 e. The number of carbonyl (C=O) groups is 1. The number of ether oxygens (including phenoxy) is 3. The van der Waals surface area contributed by atoms with Gasteiger partial charge in [-0.15, -0.1) is 0 Å². The van der Waals surface area contributed by atoms with E-state index in [9.17, 15) is 4.79 Å². The molecule has 128 valence electrons. The van der Waals surface area contributed by atoms with Gasteiger partial charge in [0.05, 0.1) is 13.2 Å². The van der Waals surface area contributed by atoms with E-state index in [1.807, 2.05) is 13.8 Å². The lowest BCUT2D eigenvalue weighted by Crippen LogP contribution is -2.41. The van der Waals surface area contributed by atoms with Crippen LogP contribution in [0.3, 0.4) is 0 Å². The van der Waals surface area contributed by atoms with Gasteiger partial charge in [-0.1, -0.05) is 20.8 Å². The standard InChI is InChI=1S/C16H30O5Si/c1-9-18-14(17)13(21-22(7,8)15(2,3)4)10-12-11-19-16(5,6)20-12/h10,12H,9,11H2,1-8H3/b13-10+. The summed E-state index contributed by atoms with van der Waals surface area (Å²) in [5, 5.41) is -0.00904. The second-order valence-corrected chi connectivity index (χ2v) is 12.2. The van der Waals surface area contributed by atoms with Crippen molar-refractivity contribution in [2.45, 2.75) is 71.6 Å². The van der Waals surface area contributed by atoms with Gasteiger partial charge in [0.1, 0.15) is 6.10 Å². The van der Waals surface area contributed by atoms with Crippen LogP contribution in [0.4, 0.5) is 0 Å². The van der Waals surface area contributed by atoms with Crippen molar-refractivity contribution in [3.8, 4) is 0 Å². The van der Waals surface area contributed by atoms with Gasteiger partial charge in [-0.3, -0.25) is 0 Å². The Balaban J connectivity index is 2.97. The first-order valence-corrected chi connectivity index (χ1v) is 10.7. The van der Waals surface area contributed by atoms with E-state index < -0.39 is 20.1 Å². The van der Waals surface area contributed by atoms with Crippen LogP contribution < -0.4 is 0 Å². The van der Waals surface area contributed by atoms with E-state index in [2.05, 4.69) is 33.9 Å². The summed E-state index contributed by atoms with van der Waals surface area (Å²) in [5.74, 6) is -0.849. The van der Waals surface area contributed by atoms with Crippen molar-refractivity contribution in [1.82, 2.24) is 0 Å². The molecule has 1 aliphatic rings. The lowest BCUT2D eigenvalue weighted by molar-refractivity contribution is -0.142. The van der Waals surface area contributed by atoms with E-state index >= 15 is 0 Å². The summed E-state index contributed by atoms with van der Waals surface area (Å²) < 4.78 is 22.5. The first kappa shape index (κ1) is 19.2. The van der Waals surface area contributed by atoms with Gasteiger partial charge in [0.25, 0.3) is 8.32 Å². The molecule has 0 aromatic carbocycles. The fraction of sp³-hybridized carbons (Fsp3) is 0.812. The number of rotatable bonds is 5. The molecule has 1 atom stereocenters. The second-order valence-electron chi connectivity index (χ2n) is 7.48. The van der Waals surface area contributed by atoms with Crippen molar-refractivity contribution < 1.29 is 23.4 Å². The Hall–Kier alpha value is -0.853. The molecule has 1 rings (SSSR count). The Kier molecular flexibility index (Phi) is 5.86. The highest BCUT2D eigenvalue weighted by molar-refractivity contribution is 6.74. The lowest BCUT2D eigenvalue weighted by Gasteiger charge is -2.36. The van der Waals surface area contributed by atoms with Crippen molar-refractivity contribution in [1.29, 1.82) is 0 Å². The number of esters is 1. The Bertz CT molecular complexity index is 434. The van der Waals surface area contributed by atoms with E-state index in [4.69, 9.17) is 18.6 Å². The van der Waals surface area contributed by atoms with Crippen LogP contribution in [0.5, 0.6) is 0 Å². The van der Waals surface area contributed by atoms with Gasteiger partial charge >= 0.3 is 5.97 Å². The van der Waals surface area contributed by atoms with Crippen LogP contribution in [0.25, 0.3) is 0 Å². The zero-order valence-corrected chi connectivity index (χ0v) is 16.1. The van der Waals surface area contributed by atoms with Crippen molar-refractivity contribution in [2.24, 2.45) is 0 Å². The molecule has 1 saturated heterocycles. The predicted octanol–water partition coefficient (Wildman–Crippen LogP) is 3.61.